The molecule has 1 rings (SSSR count). The van der Waals surface area contributed by atoms with E-state index < -0.39 is 11.6 Å². The van der Waals surface area contributed by atoms with Gasteiger partial charge < -0.3 is 14.3 Å². The van der Waals surface area contributed by atoms with Gasteiger partial charge >= 0.3 is 5.97 Å². The van der Waals surface area contributed by atoms with E-state index >= 15 is 0 Å². The lowest BCUT2D eigenvalue weighted by Crippen LogP contribution is -2.23. The molecular formula is C11H14O4. The molecule has 1 aromatic rings. The number of aliphatic hydroxyl groups is 1. The van der Waals surface area contributed by atoms with Gasteiger partial charge in [-0.1, -0.05) is 6.58 Å². The number of carbonyl (C=O) groups is 1. The Morgan fingerprint density at radius 2 is 2.33 bits per heavy atom. The molecule has 82 valence electrons. The molecule has 0 radical (unpaired) electrons. The van der Waals surface area contributed by atoms with Gasteiger partial charge in [0.2, 0.25) is 0 Å². The van der Waals surface area contributed by atoms with Crippen molar-refractivity contribution in [3.05, 3.63) is 36.3 Å². The first-order valence-electron chi connectivity index (χ1n) is 4.55. The number of hydrogen-bond donors (Lipinski definition) is 1. The van der Waals surface area contributed by atoms with E-state index in [1.165, 1.54) is 0 Å². The fourth-order valence-electron chi connectivity index (χ4n) is 1.13. The van der Waals surface area contributed by atoms with Crippen LogP contribution in [-0.2, 0) is 21.7 Å². The summed E-state index contributed by atoms with van der Waals surface area (Å²) in [4.78, 5) is 11.0. The van der Waals surface area contributed by atoms with Gasteiger partial charge in [0.1, 0.15) is 18.1 Å². The quantitative estimate of drug-likeness (QED) is 0.607. The second kappa shape index (κ2) is 4.31. The molecule has 1 aromatic heterocycles. The van der Waals surface area contributed by atoms with Crippen LogP contribution in [0.3, 0.4) is 0 Å². The van der Waals surface area contributed by atoms with Gasteiger partial charge in [-0.2, -0.15) is 0 Å². The molecule has 1 heterocycles. The van der Waals surface area contributed by atoms with Gasteiger partial charge in [-0.15, -0.1) is 0 Å². The average Bonchev–Trinajstić information content (AvgIpc) is 2.65. The Morgan fingerprint density at radius 3 is 2.80 bits per heavy atom. The summed E-state index contributed by atoms with van der Waals surface area (Å²) in [5.41, 5.74) is -0.862. The van der Waals surface area contributed by atoms with Crippen LogP contribution in [0, 0.1) is 0 Å². The van der Waals surface area contributed by atoms with E-state index in [4.69, 9.17) is 14.3 Å². The van der Waals surface area contributed by atoms with E-state index in [-0.39, 0.29) is 6.61 Å². The minimum atomic E-state index is -0.862. The molecule has 0 unspecified atom stereocenters. The SMILES string of the molecule is C=CC(=O)OC(C)(C)c1ccc(CO)o1. The van der Waals surface area contributed by atoms with Crippen molar-refractivity contribution >= 4 is 5.97 Å². The molecule has 0 fully saturated rings. The van der Waals surface area contributed by atoms with Gasteiger partial charge in [0, 0.05) is 6.08 Å². The zero-order valence-electron chi connectivity index (χ0n) is 8.82. The zero-order chi connectivity index (χ0) is 11.5. The molecule has 0 amide bonds. The fourth-order valence-corrected chi connectivity index (χ4v) is 1.13. The van der Waals surface area contributed by atoms with E-state index in [0.29, 0.717) is 11.5 Å². The van der Waals surface area contributed by atoms with Crippen LogP contribution >= 0.6 is 0 Å². The molecule has 0 atom stereocenters. The lowest BCUT2D eigenvalue weighted by atomic mass is 10.1. The summed E-state index contributed by atoms with van der Waals surface area (Å²) < 4.78 is 10.4. The third-order valence-corrected chi connectivity index (χ3v) is 1.93. The molecular weight excluding hydrogens is 196 g/mol. The first kappa shape index (κ1) is 11.5. The number of hydrogen-bond acceptors (Lipinski definition) is 4. The Hall–Kier alpha value is -1.55. The number of carbonyl (C=O) groups excluding carboxylic acids is 1. The highest BCUT2D eigenvalue weighted by Gasteiger charge is 2.28. The minimum Gasteiger partial charge on any atom is -0.459 e. The van der Waals surface area contributed by atoms with Crippen LogP contribution in [0.2, 0.25) is 0 Å². The van der Waals surface area contributed by atoms with E-state index in [0.717, 1.165) is 6.08 Å². The molecule has 0 saturated carbocycles. The maximum Gasteiger partial charge on any atom is 0.331 e. The normalized spacial score (nSPS) is 11.1. The predicted molar refractivity (Wildman–Crippen MR) is 53.9 cm³/mol. The van der Waals surface area contributed by atoms with Gasteiger partial charge in [0.15, 0.2) is 5.60 Å². The predicted octanol–water partition coefficient (Wildman–Crippen LogP) is 1.74. The van der Waals surface area contributed by atoms with Crippen molar-refractivity contribution < 1.29 is 19.1 Å². The Kier molecular flexibility index (Phi) is 3.31. The average molecular weight is 210 g/mol. The number of furan rings is 1. The van der Waals surface area contributed by atoms with Crippen LogP contribution in [0.4, 0.5) is 0 Å². The van der Waals surface area contributed by atoms with Crippen molar-refractivity contribution in [2.45, 2.75) is 26.1 Å². The largest absolute Gasteiger partial charge is 0.459 e. The summed E-state index contributed by atoms with van der Waals surface area (Å²) >= 11 is 0. The van der Waals surface area contributed by atoms with Crippen molar-refractivity contribution in [2.75, 3.05) is 0 Å². The monoisotopic (exact) mass is 210 g/mol. The van der Waals surface area contributed by atoms with Crippen LogP contribution in [0.25, 0.3) is 0 Å². The summed E-state index contributed by atoms with van der Waals surface area (Å²) in [6, 6.07) is 3.31. The molecule has 0 aliphatic carbocycles. The first-order valence-corrected chi connectivity index (χ1v) is 4.55. The molecule has 4 heteroatoms. The van der Waals surface area contributed by atoms with Crippen molar-refractivity contribution in [3.63, 3.8) is 0 Å². The van der Waals surface area contributed by atoms with Gasteiger partial charge in [0.05, 0.1) is 0 Å². The molecule has 15 heavy (non-hydrogen) atoms. The molecule has 4 nitrogen and oxygen atoms in total. The summed E-state index contributed by atoms with van der Waals surface area (Å²) in [7, 11) is 0. The van der Waals surface area contributed by atoms with Crippen LogP contribution in [-0.4, -0.2) is 11.1 Å². The lowest BCUT2D eigenvalue weighted by Gasteiger charge is -2.21. The third kappa shape index (κ3) is 2.70. The fraction of sp³-hybridized carbons (Fsp3) is 0.364. The Balaban J connectivity index is 2.84. The van der Waals surface area contributed by atoms with E-state index in [2.05, 4.69) is 6.58 Å². The van der Waals surface area contributed by atoms with E-state index in [1.807, 2.05) is 0 Å². The molecule has 0 spiro atoms. The second-order valence-electron chi connectivity index (χ2n) is 3.56. The molecule has 0 aromatic carbocycles. The van der Waals surface area contributed by atoms with Crippen LogP contribution in [0.5, 0.6) is 0 Å². The number of aliphatic hydroxyl groups excluding tert-OH is 1. The summed E-state index contributed by atoms with van der Waals surface area (Å²) in [5.74, 6) is 0.413. The van der Waals surface area contributed by atoms with Gasteiger partial charge in [-0.25, -0.2) is 4.79 Å². The standard InChI is InChI=1S/C11H14O4/c1-4-10(13)15-11(2,3)9-6-5-8(7-12)14-9/h4-6,12H,1,7H2,2-3H3. The number of esters is 1. The third-order valence-electron chi connectivity index (χ3n) is 1.93. The van der Waals surface area contributed by atoms with Gasteiger partial charge in [-0.05, 0) is 26.0 Å². The lowest BCUT2D eigenvalue weighted by molar-refractivity contribution is -0.152. The highest BCUT2D eigenvalue weighted by Crippen LogP contribution is 2.26. The number of rotatable bonds is 4. The van der Waals surface area contributed by atoms with Crippen LogP contribution in [0.15, 0.2) is 29.2 Å². The molecule has 0 bridgehead atoms. The smallest absolute Gasteiger partial charge is 0.331 e. The van der Waals surface area contributed by atoms with Crippen LogP contribution in [0.1, 0.15) is 25.4 Å². The zero-order valence-corrected chi connectivity index (χ0v) is 8.82. The van der Waals surface area contributed by atoms with Crippen molar-refractivity contribution in [1.82, 2.24) is 0 Å². The molecule has 0 aliphatic rings. The van der Waals surface area contributed by atoms with Gasteiger partial charge in [0.25, 0.3) is 0 Å². The first-order chi connectivity index (χ1) is 6.99. The Morgan fingerprint density at radius 1 is 1.67 bits per heavy atom. The highest BCUT2D eigenvalue weighted by molar-refractivity contribution is 5.81. The van der Waals surface area contributed by atoms with E-state index in [1.54, 1.807) is 26.0 Å². The topological polar surface area (TPSA) is 59.7 Å². The minimum absolute atomic E-state index is 0.175. The molecule has 0 saturated heterocycles. The molecule has 0 aliphatic heterocycles. The maximum atomic E-state index is 11.0. The Labute approximate surface area is 88.2 Å². The summed E-state index contributed by atoms with van der Waals surface area (Å²) in [5, 5.41) is 8.83. The van der Waals surface area contributed by atoms with Crippen molar-refractivity contribution in [2.24, 2.45) is 0 Å². The van der Waals surface area contributed by atoms with Gasteiger partial charge in [-0.3, -0.25) is 0 Å². The Bertz CT molecular complexity index is 362. The van der Waals surface area contributed by atoms with Crippen molar-refractivity contribution in [1.29, 1.82) is 0 Å². The molecule has 1 N–H and O–H groups in total. The van der Waals surface area contributed by atoms with Crippen molar-refractivity contribution in [3.8, 4) is 0 Å². The summed E-state index contributed by atoms with van der Waals surface area (Å²) in [6.45, 7) is 6.55. The maximum absolute atomic E-state index is 11.0. The van der Waals surface area contributed by atoms with Crippen LogP contribution < -0.4 is 0 Å². The summed E-state index contributed by atoms with van der Waals surface area (Å²) in [6.07, 6.45) is 1.09. The second-order valence-corrected chi connectivity index (χ2v) is 3.56. The van der Waals surface area contributed by atoms with E-state index in [9.17, 15) is 4.79 Å². The number of ether oxygens (including phenoxy) is 1. The highest BCUT2D eigenvalue weighted by atomic mass is 16.6.